The topological polar surface area (TPSA) is 53.2 Å². The molecule has 0 radical (unpaired) electrons. The van der Waals surface area contributed by atoms with Crippen molar-refractivity contribution in [2.24, 2.45) is 0 Å². The number of likely N-dealkylation sites (N-methyl/N-ethyl adjacent to an activating group) is 1. The lowest BCUT2D eigenvalue weighted by atomic mass is 10.3. The zero-order valence-electron chi connectivity index (χ0n) is 10.5. The number of hydrogen-bond acceptors (Lipinski definition) is 3. The van der Waals surface area contributed by atoms with Crippen LogP contribution in [0.4, 0.5) is 5.69 Å². The van der Waals surface area contributed by atoms with Gasteiger partial charge in [-0.3, -0.25) is 4.79 Å². The fraction of sp³-hybridized carbons (Fsp3) is 0.462. The van der Waals surface area contributed by atoms with Crippen molar-refractivity contribution in [2.45, 2.75) is 19.9 Å². The van der Waals surface area contributed by atoms with E-state index in [4.69, 9.17) is 0 Å². The van der Waals surface area contributed by atoms with Gasteiger partial charge in [-0.25, -0.2) is 0 Å². The molecule has 0 spiro atoms. The number of amides is 1. The predicted molar refractivity (Wildman–Crippen MR) is 71.1 cm³/mol. The maximum atomic E-state index is 11.5. The van der Waals surface area contributed by atoms with E-state index in [1.807, 2.05) is 30.3 Å². The average molecular weight is 235 g/mol. The van der Waals surface area contributed by atoms with Crippen LogP contribution in [0.3, 0.4) is 0 Å². The second-order valence-corrected chi connectivity index (χ2v) is 3.98. The van der Waals surface area contributed by atoms with Crippen molar-refractivity contribution in [3.8, 4) is 0 Å². The number of rotatable bonds is 7. The summed E-state index contributed by atoms with van der Waals surface area (Å²) in [5.41, 5.74) is 0.961. The van der Waals surface area contributed by atoms with Gasteiger partial charge in [0.1, 0.15) is 0 Å². The molecular weight excluding hydrogens is 214 g/mol. The van der Waals surface area contributed by atoms with E-state index in [9.17, 15) is 4.79 Å². The summed E-state index contributed by atoms with van der Waals surface area (Å²) in [4.78, 5) is 11.5. The molecular formula is C13H21N3O. The summed E-state index contributed by atoms with van der Waals surface area (Å²) in [6.45, 7) is 5.98. The van der Waals surface area contributed by atoms with Crippen LogP contribution in [-0.4, -0.2) is 31.6 Å². The largest absolute Gasteiger partial charge is 0.376 e. The van der Waals surface area contributed by atoms with Crippen molar-refractivity contribution in [1.29, 1.82) is 0 Å². The van der Waals surface area contributed by atoms with Gasteiger partial charge in [-0.1, -0.05) is 25.1 Å². The second kappa shape index (κ2) is 7.68. The zero-order valence-corrected chi connectivity index (χ0v) is 10.5. The Bertz CT molecular complexity index is 327. The van der Waals surface area contributed by atoms with E-state index in [1.54, 1.807) is 0 Å². The first kappa shape index (κ1) is 13.5. The molecule has 0 saturated carbocycles. The fourth-order valence-corrected chi connectivity index (χ4v) is 1.49. The Kier molecular flexibility index (Phi) is 6.10. The number of carbonyl (C=O) groups excluding carboxylic acids is 1. The fourth-order valence-electron chi connectivity index (χ4n) is 1.49. The minimum absolute atomic E-state index is 0.0126. The first-order valence-electron chi connectivity index (χ1n) is 6.01. The summed E-state index contributed by atoms with van der Waals surface area (Å²) in [6.07, 6.45) is 0. The normalized spacial score (nSPS) is 11.9. The third-order valence-corrected chi connectivity index (χ3v) is 2.38. The monoisotopic (exact) mass is 235 g/mol. The minimum Gasteiger partial charge on any atom is -0.376 e. The standard InChI is InChI=1S/C13H21N3O/c1-3-14-11(2)9-16-13(17)10-15-12-7-5-4-6-8-12/h4-8,11,14-15H,3,9-10H2,1-2H3,(H,16,17)/t11-/m1/s1. The Hall–Kier alpha value is -1.55. The molecule has 0 aliphatic rings. The van der Waals surface area contributed by atoms with Gasteiger partial charge in [0.25, 0.3) is 0 Å². The molecule has 17 heavy (non-hydrogen) atoms. The van der Waals surface area contributed by atoms with E-state index >= 15 is 0 Å². The molecule has 0 bridgehead atoms. The van der Waals surface area contributed by atoms with E-state index in [0.717, 1.165) is 12.2 Å². The Balaban J connectivity index is 2.17. The maximum absolute atomic E-state index is 11.5. The van der Waals surface area contributed by atoms with Crippen LogP contribution in [0.15, 0.2) is 30.3 Å². The van der Waals surface area contributed by atoms with Crippen LogP contribution < -0.4 is 16.0 Å². The number of carbonyl (C=O) groups is 1. The summed E-state index contributed by atoms with van der Waals surface area (Å²) in [7, 11) is 0. The molecule has 1 rings (SSSR count). The highest BCUT2D eigenvalue weighted by Gasteiger charge is 2.03. The molecule has 0 heterocycles. The first-order valence-corrected chi connectivity index (χ1v) is 6.01. The molecule has 0 aromatic heterocycles. The summed E-state index contributed by atoms with van der Waals surface area (Å²) in [5.74, 6) is 0.0126. The molecule has 1 aromatic carbocycles. The van der Waals surface area contributed by atoms with Crippen molar-refractivity contribution in [1.82, 2.24) is 10.6 Å². The third kappa shape index (κ3) is 5.92. The minimum atomic E-state index is 0.0126. The van der Waals surface area contributed by atoms with Crippen molar-refractivity contribution >= 4 is 11.6 Å². The van der Waals surface area contributed by atoms with Gasteiger partial charge >= 0.3 is 0 Å². The molecule has 0 saturated heterocycles. The number of anilines is 1. The number of benzene rings is 1. The summed E-state index contributed by atoms with van der Waals surface area (Å²) >= 11 is 0. The van der Waals surface area contributed by atoms with Crippen LogP contribution in [0.5, 0.6) is 0 Å². The lowest BCUT2D eigenvalue weighted by Gasteiger charge is -2.13. The lowest BCUT2D eigenvalue weighted by molar-refractivity contribution is -0.119. The van der Waals surface area contributed by atoms with Crippen LogP contribution in [0.25, 0.3) is 0 Å². The van der Waals surface area contributed by atoms with E-state index in [0.29, 0.717) is 19.1 Å². The zero-order chi connectivity index (χ0) is 12.5. The SMILES string of the molecule is CCN[C@H](C)CNC(=O)CNc1ccccc1. The highest BCUT2D eigenvalue weighted by atomic mass is 16.1. The molecule has 4 heteroatoms. The first-order chi connectivity index (χ1) is 8.22. The maximum Gasteiger partial charge on any atom is 0.239 e. The van der Waals surface area contributed by atoms with Gasteiger partial charge in [-0.2, -0.15) is 0 Å². The van der Waals surface area contributed by atoms with E-state index < -0.39 is 0 Å². The number of para-hydroxylation sites is 1. The summed E-state index contributed by atoms with van der Waals surface area (Å²) < 4.78 is 0. The average Bonchev–Trinajstić information content (AvgIpc) is 2.35. The van der Waals surface area contributed by atoms with E-state index in [2.05, 4.69) is 29.8 Å². The molecule has 1 amide bonds. The number of nitrogens with one attached hydrogen (secondary N) is 3. The molecule has 94 valence electrons. The molecule has 0 fully saturated rings. The predicted octanol–water partition coefficient (Wildman–Crippen LogP) is 1.21. The van der Waals surface area contributed by atoms with Gasteiger partial charge in [0.05, 0.1) is 6.54 Å². The van der Waals surface area contributed by atoms with Gasteiger partial charge in [0.2, 0.25) is 5.91 Å². The lowest BCUT2D eigenvalue weighted by Crippen LogP contribution is -2.40. The van der Waals surface area contributed by atoms with Crippen LogP contribution in [0, 0.1) is 0 Å². The molecule has 0 unspecified atom stereocenters. The molecule has 1 atom stereocenters. The van der Waals surface area contributed by atoms with Crippen molar-refractivity contribution in [3.05, 3.63) is 30.3 Å². The van der Waals surface area contributed by atoms with Crippen LogP contribution in [0.2, 0.25) is 0 Å². The molecule has 1 aromatic rings. The molecule has 0 aliphatic carbocycles. The Morgan fingerprint density at radius 1 is 1.29 bits per heavy atom. The summed E-state index contributed by atoms with van der Waals surface area (Å²) in [6, 6.07) is 10.0. The highest BCUT2D eigenvalue weighted by Crippen LogP contribution is 2.03. The Labute approximate surface area is 103 Å². The highest BCUT2D eigenvalue weighted by molar-refractivity contribution is 5.80. The quantitative estimate of drug-likeness (QED) is 0.666. The molecule has 3 N–H and O–H groups in total. The van der Waals surface area contributed by atoms with Crippen LogP contribution in [-0.2, 0) is 4.79 Å². The van der Waals surface area contributed by atoms with Crippen molar-refractivity contribution < 1.29 is 4.79 Å². The van der Waals surface area contributed by atoms with E-state index in [1.165, 1.54) is 0 Å². The third-order valence-electron chi connectivity index (χ3n) is 2.38. The van der Waals surface area contributed by atoms with Gasteiger partial charge < -0.3 is 16.0 Å². The molecule has 4 nitrogen and oxygen atoms in total. The van der Waals surface area contributed by atoms with Crippen molar-refractivity contribution in [3.63, 3.8) is 0 Å². The van der Waals surface area contributed by atoms with Gasteiger partial charge in [0, 0.05) is 18.3 Å². The van der Waals surface area contributed by atoms with Crippen molar-refractivity contribution in [2.75, 3.05) is 25.0 Å². The summed E-state index contributed by atoms with van der Waals surface area (Å²) in [5, 5.41) is 9.18. The van der Waals surface area contributed by atoms with Gasteiger partial charge in [0.15, 0.2) is 0 Å². The van der Waals surface area contributed by atoms with Crippen LogP contribution in [0.1, 0.15) is 13.8 Å². The van der Waals surface area contributed by atoms with Gasteiger partial charge in [-0.15, -0.1) is 0 Å². The number of hydrogen-bond donors (Lipinski definition) is 3. The Morgan fingerprint density at radius 2 is 2.00 bits per heavy atom. The smallest absolute Gasteiger partial charge is 0.239 e. The van der Waals surface area contributed by atoms with E-state index in [-0.39, 0.29) is 5.91 Å². The van der Waals surface area contributed by atoms with Crippen LogP contribution >= 0.6 is 0 Å². The second-order valence-electron chi connectivity index (χ2n) is 3.98. The molecule has 0 aliphatic heterocycles. The van der Waals surface area contributed by atoms with Gasteiger partial charge in [-0.05, 0) is 25.6 Å². The Morgan fingerprint density at radius 3 is 2.65 bits per heavy atom.